The van der Waals surface area contributed by atoms with Crippen LogP contribution in [0.15, 0.2) is 0 Å². The van der Waals surface area contributed by atoms with Crippen LogP contribution in [0, 0.1) is 5.92 Å². The summed E-state index contributed by atoms with van der Waals surface area (Å²) in [5.41, 5.74) is 0. The van der Waals surface area contributed by atoms with Gasteiger partial charge in [0.25, 0.3) is 0 Å². The third kappa shape index (κ3) is 4.44. The van der Waals surface area contributed by atoms with Gasteiger partial charge in [-0.05, 0) is 58.2 Å². The van der Waals surface area contributed by atoms with Crippen molar-refractivity contribution in [1.82, 2.24) is 15.1 Å². The molecule has 0 spiro atoms. The summed E-state index contributed by atoms with van der Waals surface area (Å²) in [5, 5.41) is 3.75. The molecule has 0 saturated carbocycles. The summed E-state index contributed by atoms with van der Waals surface area (Å²) in [6, 6.07) is 2.25. The van der Waals surface area contributed by atoms with E-state index >= 15 is 0 Å². The van der Waals surface area contributed by atoms with Crippen molar-refractivity contribution in [2.75, 3.05) is 32.7 Å². The lowest BCUT2D eigenvalue weighted by Crippen LogP contribution is -2.60. The van der Waals surface area contributed by atoms with Crippen molar-refractivity contribution in [3.8, 4) is 0 Å². The molecule has 2 fully saturated rings. The minimum absolute atomic E-state index is 0.708. The van der Waals surface area contributed by atoms with Gasteiger partial charge in [0.1, 0.15) is 0 Å². The van der Waals surface area contributed by atoms with Crippen LogP contribution >= 0.6 is 0 Å². The van der Waals surface area contributed by atoms with Crippen LogP contribution in [0.5, 0.6) is 0 Å². The lowest BCUT2D eigenvalue weighted by Gasteiger charge is -2.46. The number of nitrogens with one attached hydrogen (secondary N) is 1. The minimum atomic E-state index is 0.708. The summed E-state index contributed by atoms with van der Waals surface area (Å²) in [4.78, 5) is 5.46. The van der Waals surface area contributed by atoms with Crippen LogP contribution in [0.4, 0.5) is 0 Å². The second-order valence-corrected chi connectivity index (χ2v) is 7.35. The monoisotopic (exact) mass is 281 g/mol. The maximum atomic E-state index is 3.75. The Kier molecular flexibility index (Phi) is 6.31. The molecule has 0 aromatic heterocycles. The fourth-order valence-corrected chi connectivity index (χ4v) is 3.98. The van der Waals surface area contributed by atoms with Crippen molar-refractivity contribution in [3.05, 3.63) is 0 Å². The second-order valence-electron chi connectivity index (χ2n) is 7.35. The molecule has 118 valence electrons. The lowest BCUT2D eigenvalue weighted by atomic mass is 9.95. The number of rotatable bonds is 5. The van der Waals surface area contributed by atoms with Gasteiger partial charge in [0, 0.05) is 31.2 Å². The topological polar surface area (TPSA) is 18.5 Å². The van der Waals surface area contributed by atoms with Crippen LogP contribution in [0.2, 0.25) is 0 Å². The van der Waals surface area contributed by atoms with E-state index in [9.17, 15) is 0 Å². The predicted molar refractivity (Wildman–Crippen MR) is 87.2 cm³/mol. The van der Waals surface area contributed by atoms with Crippen molar-refractivity contribution in [3.63, 3.8) is 0 Å². The van der Waals surface area contributed by atoms with E-state index in [1.165, 1.54) is 58.4 Å². The number of likely N-dealkylation sites (tertiary alicyclic amines) is 1. The number of piperazine rings is 1. The number of piperidine rings is 1. The quantitative estimate of drug-likeness (QED) is 0.835. The molecule has 20 heavy (non-hydrogen) atoms. The van der Waals surface area contributed by atoms with E-state index in [0.29, 0.717) is 12.1 Å². The standard InChI is InChI=1S/C17H35N3/c1-5-8-19-9-6-17(7-10-19)20-13-16(11-14(2)3)18-12-15(20)4/h14-18H,5-13H2,1-4H3. The molecule has 2 unspecified atom stereocenters. The highest BCUT2D eigenvalue weighted by molar-refractivity contribution is 4.90. The predicted octanol–water partition coefficient (Wildman–Crippen LogP) is 2.57. The molecule has 0 aromatic rings. The van der Waals surface area contributed by atoms with Crippen molar-refractivity contribution < 1.29 is 0 Å². The normalized spacial score (nSPS) is 31.1. The Hall–Kier alpha value is -0.120. The Morgan fingerprint density at radius 2 is 1.90 bits per heavy atom. The SMILES string of the molecule is CCCN1CCC(N2CC(CC(C)C)NCC2C)CC1. The van der Waals surface area contributed by atoms with Crippen molar-refractivity contribution in [2.45, 2.75) is 71.5 Å². The second kappa shape index (κ2) is 7.77. The van der Waals surface area contributed by atoms with E-state index in [1.54, 1.807) is 0 Å². The molecule has 0 aromatic carbocycles. The van der Waals surface area contributed by atoms with Gasteiger partial charge in [0.05, 0.1) is 0 Å². The average molecular weight is 281 g/mol. The molecule has 2 aliphatic rings. The average Bonchev–Trinajstić information content (AvgIpc) is 2.42. The van der Waals surface area contributed by atoms with Gasteiger partial charge in [0.2, 0.25) is 0 Å². The summed E-state index contributed by atoms with van der Waals surface area (Å²) in [6.07, 6.45) is 5.36. The van der Waals surface area contributed by atoms with Crippen LogP contribution in [0.25, 0.3) is 0 Å². The minimum Gasteiger partial charge on any atom is -0.311 e. The Labute approximate surface area is 126 Å². The van der Waals surface area contributed by atoms with Gasteiger partial charge in [0.15, 0.2) is 0 Å². The summed E-state index contributed by atoms with van der Waals surface area (Å²) >= 11 is 0. The molecule has 0 amide bonds. The van der Waals surface area contributed by atoms with E-state index in [4.69, 9.17) is 0 Å². The Morgan fingerprint density at radius 1 is 1.20 bits per heavy atom. The van der Waals surface area contributed by atoms with Gasteiger partial charge in [-0.15, -0.1) is 0 Å². The van der Waals surface area contributed by atoms with Crippen LogP contribution in [-0.4, -0.2) is 60.6 Å². The molecule has 2 aliphatic heterocycles. The third-order valence-electron chi connectivity index (χ3n) is 5.02. The summed E-state index contributed by atoms with van der Waals surface area (Å²) in [6.45, 7) is 15.7. The number of nitrogens with zero attached hydrogens (tertiary/aromatic N) is 2. The van der Waals surface area contributed by atoms with Crippen molar-refractivity contribution >= 4 is 0 Å². The van der Waals surface area contributed by atoms with Gasteiger partial charge >= 0.3 is 0 Å². The molecule has 2 heterocycles. The molecule has 2 rings (SSSR count). The zero-order chi connectivity index (χ0) is 14.5. The van der Waals surface area contributed by atoms with Crippen LogP contribution in [0.3, 0.4) is 0 Å². The molecule has 2 saturated heterocycles. The molecule has 3 nitrogen and oxygen atoms in total. The Balaban J connectivity index is 1.83. The van der Waals surface area contributed by atoms with Crippen LogP contribution in [0.1, 0.15) is 53.4 Å². The first kappa shape index (κ1) is 16.3. The third-order valence-corrected chi connectivity index (χ3v) is 5.02. The molecule has 0 radical (unpaired) electrons. The van der Waals surface area contributed by atoms with E-state index < -0.39 is 0 Å². The zero-order valence-corrected chi connectivity index (χ0v) is 14.1. The maximum Gasteiger partial charge on any atom is 0.0198 e. The van der Waals surface area contributed by atoms with Crippen LogP contribution in [-0.2, 0) is 0 Å². The molecular formula is C17H35N3. The van der Waals surface area contributed by atoms with Gasteiger partial charge in [-0.3, -0.25) is 4.90 Å². The van der Waals surface area contributed by atoms with Gasteiger partial charge in [-0.1, -0.05) is 20.8 Å². The van der Waals surface area contributed by atoms with Crippen molar-refractivity contribution in [2.24, 2.45) is 5.92 Å². The lowest BCUT2D eigenvalue weighted by molar-refractivity contribution is 0.0455. The molecule has 0 aliphatic carbocycles. The highest BCUT2D eigenvalue weighted by atomic mass is 15.3. The largest absolute Gasteiger partial charge is 0.311 e. The summed E-state index contributed by atoms with van der Waals surface area (Å²) in [7, 11) is 0. The Morgan fingerprint density at radius 3 is 2.50 bits per heavy atom. The molecular weight excluding hydrogens is 246 g/mol. The van der Waals surface area contributed by atoms with E-state index in [1.807, 2.05) is 0 Å². The van der Waals surface area contributed by atoms with Crippen molar-refractivity contribution in [1.29, 1.82) is 0 Å². The fourth-order valence-electron chi connectivity index (χ4n) is 3.98. The van der Waals surface area contributed by atoms with Crippen LogP contribution < -0.4 is 5.32 Å². The van der Waals surface area contributed by atoms with Gasteiger partial charge in [-0.25, -0.2) is 0 Å². The zero-order valence-electron chi connectivity index (χ0n) is 14.1. The maximum absolute atomic E-state index is 3.75. The summed E-state index contributed by atoms with van der Waals surface area (Å²) < 4.78 is 0. The molecule has 2 atom stereocenters. The number of hydrogen-bond acceptors (Lipinski definition) is 3. The van der Waals surface area contributed by atoms with Gasteiger partial charge in [-0.2, -0.15) is 0 Å². The smallest absolute Gasteiger partial charge is 0.0198 e. The number of hydrogen-bond donors (Lipinski definition) is 1. The first-order valence-electron chi connectivity index (χ1n) is 8.81. The first-order valence-corrected chi connectivity index (χ1v) is 8.81. The first-order chi connectivity index (χ1) is 9.60. The molecule has 3 heteroatoms. The molecule has 0 bridgehead atoms. The van der Waals surface area contributed by atoms with Gasteiger partial charge < -0.3 is 10.2 Å². The highest BCUT2D eigenvalue weighted by Crippen LogP contribution is 2.22. The Bertz CT molecular complexity index is 271. The highest BCUT2D eigenvalue weighted by Gasteiger charge is 2.32. The fraction of sp³-hybridized carbons (Fsp3) is 1.00. The van der Waals surface area contributed by atoms with E-state index in [-0.39, 0.29) is 0 Å². The van der Waals surface area contributed by atoms with E-state index in [2.05, 4.69) is 42.8 Å². The van der Waals surface area contributed by atoms with E-state index in [0.717, 1.165) is 12.0 Å². The summed E-state index contributed by atoms with van der Waals surface area (Å²) in [5.74, 6) is 0.800. The molecule has 1 N–H and O–H groups in total.